The molecule has 1 rings (SSSR count). The van der Waals surface area contributed by atoms with Gasteiger partial charge in [-0.05, 0) is 13.8 Å². The fourth-order valence-corrected chi connectivity index (χ4v) is 1.66. The second-order valence-electron chi connectivity index (χ2n) is 3.61. The minimum absolute atomic E-state index is 0.551. The topological polar surface area (TPSA) is 21.1 Å². The molecular weight excluding hydrogens is 207 g/mol. The Labute approximate surface area is 86.5 Å². The molecule has 0 saturated carbocycles. The molecule has 0 radical (unpaired) electrons. The van der Waals surface area contributed by atoms with E-state index in [2.05, 4.69) is 5.10 Å². The van der Waals surface area contributed by atoms with Crippen LogP contribution in [0, 0.1) is 13.8 Å². The van der Waals surface area contributed by atoms with E-state index in [1.54, 1.807) is 25.6 Å². The van der Waals surface area contributed by atoms with Crippen LogP contribution in [0.1, 0.15) is 11.4 Å². The first-order valence-electron chi connectivity index (χ1n) is 4.50. The first kappa shape index (κ1) is 11.9. The van der Waals surface area contributed by atoms with Gasteiger partial charge >= 0.3 is 6.18 Å². The Bertz CT molecular complexity index is 354. The summed E-state index contributed by atoms with van der Waals surface area (Å²) in [6, 6.07) is 0. The van der Waals surface area contributed by atoms with E-state index in [0.29, 0.717) is 11.4 Å². The van der Waals surface area contributed by atoms with Gasteiger partial charge < -0.3 is 4.90 Å². The van der Waals surface area contributed by atoms with Crippen LogP contribution in [0.4, 0.5) is 18.9 Å². The molecular formula is C9H14F3N3. The van der Waals surface area contributed by atoms with E-state index in [1.807, 2.05) is 0 Å². The molecule has 0 aliphatic carbocycles. The van der Waals surface area contributed by atoms with Crippen molar-refractivity contribution in [3.63, 3.8) is 0 Å². The fraction of sp³-hybridized carbons (Fsp3) is 0.667. The fourth-order valence-electron chi connectivity index (χ4n) is 1.66. The Balaban J connectivity index is 2.96. The lowest BCUT2D eigenvalue weighted by molar-refractivity contribution is -0.119. The SMILES string of the molecule is Cc1nn(C)c(C)c1N(C)CC(F)(F)F. The highest BCUT2D eigenvalue weighted by molar-refractivity contribution is 5.54. The molecule has 0 atom stereocenters. The number of anilines is 1. The normalized spacial score (nSPS) is 11.9. The van der Waals surface area contributed by atoms with E-state index in [0.717, 1.165) is 5.69 Å². The van der Waals surface area contributed by atoms with Crippen LogP contribution in [0.25, 0.3) is 0 Å². The number of rotatable bonds is 2. The summed E-state index contributed by atoms with van der Waals surface area (Å²) < 4.78 is 38.2. The second-order valence-corrected chi connectivity index (χ2v) is 3.61. The van der Waals surface area contributed by atoms with Gasteiger partial charge in [0.2, 0.25) is 0 Å². The van der Waals surface area contributed by atoms with Crippen molar-refractivity contribution in [1.29, 1.82) is 0 Å². The van der Waals surface area contributed by atoms with Gasteiger partial charge in [0.05, 0.1) is 17.1 Å². The van der Waals surface area contributed by atoms with Gasteiger partial charge in [-0.1, -0.05) is 0 Å². The first-order chi connectivity index (χ1) is 6.72. The maximum absolute atomic E-state index is 12.2. The van der Waals surface area contributed by atoms with Crippen molar-refractivity contribution in [2.45, 2.75) is 20.0 Å². The molecule has 0 bridgehead atoms. The number of alkyl halides is 3. The molecule has 0 aliphatic rings. The lowest BCUT2D eigenvalue weighted by Crippen LogP contribution is -2.31. The smallest absolute Gasteiger partial charge is 0.363 e. The van der Waals surface area contributed by atoms with Crippen LogP contribution < -0.4 is 4.90 Å². The third-order valence-corrected chi connectivity index (χ3v) is 2.27. The number of aryl methyl sites for hydroxylation is 2. The summed E-state index contributed by atoms with van der Waals surface area (Å²) >= 11 is 0. The second kappa shape index (κ2) is 3.75. The van der Waals surface area contributed by atoms with Crippen molar-refractivity contribution in [3.8, 4) is 0 Å². The van der Waals surface area contributed by atoms with Crippen molar-refractivity contribution in [1.82, 2.24) is 9.78 Å². The van der Waals surface area contributed by atoms with Crippen LogP contribution in [0.3, 0.4) is 0 Å². The number of nitrogens with zero attached hydrogens (tertiary/aromatic N) is 3. The van der Waals surface area contributed by atoms with Crippen molar-refractivity contribution < 1.29 is 13.2 Å². The van der Waals surface area contributed by atoms with Gasteiger partial charge in [-0.3, -0.25) is 4.68 Å². The zero-order chi connectivity index (χ0) is 11.8. The van der Waals surface area contributed by atoms with Crippen LogP contribution in [0.2, 0.25) is 0 Å². The molecule has 1 aromatic rings. The van der Waals surface area contributed by atoms with Gasteiger partial charge in [0.15, 0.2) is 0 Å². The van der Waals surface area contributed by atoms with Crippen molar-refractivity contribution in [2.75, 3.05) is 18.5 Å². The van der Waals surface area contributed by atoms with E-state index >= 15 is 0 Å². The van der Waals surface area contributed by atoms with Gasteiger partial charge in [-0.2, -0.15) is 18.3 Å². The zero-order valence-corrected chi connectivity index (χ0v) is 9.18. The molecule has 1 aromatic heterocycles. The molecule has 3 nitrogen and oxygen atoms in total. The molecule has 0 spiro atoms. The Morgan fingerprint density at radius 1 is 1.33 bits per heavy atom. The molecule has 1 heterocycles. The van der Waals surface area contributed by atoms with E-state index in [1.165, 1.54) is 11.9 Å². The largest absolute Gasteiger partial charge is 0.405 e. The molecule has 15 heavy (non-hydrogen) atoms. The summed E-state index contributed by atoms with van der Waals surface area (Å²) in [5, 5.41) is 4.07. The summed E-state index contributed by atoms with van der Waals surface area (Å²) in [4.78, 5) is 1.18. The van der Waals surface area contributed by atoms with E-state index < -0.39 is 12.7 Å². The average molecular weight is 221 g/mol. The van der Waals surface area contributed by atoms with Gasteiger partial charge in [0, 0.05) is 14.1 Å². The standard InChI is InChI=1S/C9H14F3N3/c1-6-8(7(2)15(4)13-6)14(3)5-9(10,11)12/h5H2,1-4H3. The van der Waals surface area contributed by atoms with Crippen LogP contribution in [0.15, 0.2) is 0 Å². The van der Waals surface area contributed by atoms with E-state index in [9.17, 15) is 13.2 Å². The quantitative estimate of drug-likeness (QED) is 0.762. The summed E-state index contributed by atoms with van der Waals surface area (Å²) in [5.74, 6) is 0. The number of hydrogen-bond acceptors (Lipinski definition) is 2. The molecule has 6 heteroatoms. The Morgan fingerprint density at radius 3 is 2.20 bits per heavy atom. The average Bonchev–Trinajstić information content (AvgIpc) is 2.22. The maximum atomic E-state index is 12.2. The Hall–Kier alpha value is -1.20. The highest BCUT2D eigenvalue weighted by Crippen LogP contribution is 2.26. The number of aromatic nitrogens is 2. The summed E-state index contributed by atoms with van der Waals surface area (Å²) in [6.07, 6.45) is -4.19. The monoisotopic (exact) mass is 221 g/mol. The van der Waals surface area contributed by atoms with Crippen LogP contribution in [-0.4, -0.2) is 29.5 Å². The maximum Gasteiger partial charge on any atom is 0.405 e. The highest BCUT2D eigenvalue weighted by Gasteiger charge is 2.31. The molecule has 0 N–H and O–H groups in total. The first-order valence-corrected chi connectivity index (χ1v) is 4.50. The lowest BCUT2D eigenvalue weighted by Gasteiger charge is -2.21. The third-order valence-electron chi connectivity index (χ3n) is 2.27. The third kappa shape index (κ3) is 2.64. The minimum atomic E-state index is -4.19. The Kier molecular flexibility index (Phi) is 2.97. The van der Waals surface area contributed by atoms with E-state index in [-0.39, 0.29) is 0 Å². The molecule has 0 aromatic carbocycles. The van der Waals surface area contributed by atoms with Crippen molar-refractivity contribution >= 4 is 5.69 Å². The molecule has 0 unspecified atom stereocenters. The zero-order valence-electron chi connectivity index (χ0n) is 9.18. The van der Waals surface area contributed by atoms with Gasteiger partial charge in [0.25, 0.3) is 0 Å². The molecule has 0 aliphatic heterocycles. The number of hydrogen-bond donors (Lipinski definition) is 0. The molecule has 0 fully saturated rings. The van der Waals surface area contributed by atoms with Crippen molar-refractivity contribution in [3.05, 3.63) is 11.4 Å². The highest BCUT2D eigenvalue weighted by atomic mass is 19.4. The van der Waals surface area contributed by atoms with Crippen LogP contribution >= 0.6 is 0 Å². The van der Waals surface area contributed by atoms with Crippen LogP contribution in [-0.2, 0) is 7.05 Å². The molecule has 86 valence electrons. The Morgan fingerprint density at radius 2 is 1.87 bits per heavy atom. The minimum Gasteiger partial charge on any atom is -0.363 e. The van der Waals surface area contributed by atoms with Crippen molar-refractivity contribution in [2.24, 2.45) is 7.05 Å². The summed E-state index contributed by atoms with van der Waals surface area (Å²) in [5.41, 5.74) is 1.90. The lowest BCUT2D eigenvalue weighted by atomic mass is 10.3. The van der Waals surface area contributed by atoms with Gasteiger partial charge in [0.1, 0.15) is 6.54 Å². The summed E-state index contributed by atoms with van der Waals surface area (Å²) in [6.45, 7) is 2.50. The van der Waals surface area contributed by atoms with Gasteiger partial charge in [-0.25, -0.2) is 0 Å². The molecule has 0 amide bonds. The van der Waals surface area contributed by atoms with Gasteiger partial charge in [-0.15, -0.1) is 0 Å². The van der Waals surface area contributed by atoms with Crippen LogP contribution in [0.5, 0.6) is 0 Å². The van der Waals surface area contributed by atoms with E-state index in [4.69, 9.17) is 0 Å². The predicted octanol–water partition coefficient (Wildman–Crippen LogP) is 2.04. The number of halogens is 3. The molecule has 0 saturated heterocycles. The summed E-state index contributed by atoms with van der Waals surface area (Å²) in [7, 11) is 3.14. The predicted molar refractivity (Wildman–Crippen MR) is 52.0 cm³/mol.